The molecule has 0 bridgehead atoms. The Balaban J connectivity index is 1.47. The molecule has 0 saturated heterocycles. The van der Waals surface area contributed by atoms with E-state index in [2.05, 4.69) is 0 Å². The third kappa shape index (κ3) is 4.76. The van der Waals surface area contributed by atoms with E-state index in [1.165, 1.54) is 16.7 Å². The van der Waals surface area contributed by atoms with Crippen LogP contribution in [0.3, 0.4) is 0 Å². The van der Waals surface area contributed by atoms with Crippen molar-refractivity contribution in [3.05, 3.63) is 125 Å². The zero-order valence-electron chi connectivity index (χ0n) is 19.9. The molecule has 4 aromatic carbocycles. The summed E-state index contributed by atoms with van der Waals surface area (Å²) >= 11 is 1.31. The Morgan fingerprint density at radius 2 is 1.28 bits per heavy atom. The van der Waals surface area contributed by atoms with E-state index in [-0.39, 0.29) is 11.8 Å². The summed E-state index contributed by atoms with van der Waals surface area (Å²) in [4.78, 5) is 31.7. The maximum atomic E-state index is 13.7. The van der Waals surface area contributed by atoms with Gasteiger partial charge in [0.05, 0.1) is 5.69 Å². The SMILES string of the molecule is Cc1ccc(SC2=C(N(C)c3ccccc3)C(=O)N(c3ccc(Oc4ccccc4)cc3)C2=O)cc1. The predicted molar refractivity (Wildman–Crippen MR) is 144 cm³/mol. The Labute approximate surface area is 214 Å². The minimum Gasteiger partial charge on any atom is -0.457 e. The van der Waals surface area contributed by atoms with Crippen molar-refractivity contribution in [1.29, 1.82) is 0 Å². The Hall–Kier alpha value is -4.29. The van der Waals surface area contributed by atoms with Crippen LogP contribution in [0.25, 0.3) is 0 Å². The van der Waals surface area contributed by atoms with Gasteiger partial charge in [-0.25, -0.2) is 4.90 Å². The second-order valence-electron chi connectivity index (χ2n) is 8.34. The molecule has 1 aliphatic rings. The highest BCUT2D eigenvalue weighted by atomic mass is 32.2. The van der Waals surface area contributed by atoms with Crippen molar-refractivity contribution in [2.75, 3.05) is 16.8 Å². The molecule has 36 heavy (non-hydrogen) atoms. The van der Waals surface area contributed by atoms with Crippen molar-refractivity contribution in [1.82, 2.24) is 0 Å². The van der Waals surface area contributed by atoms with Gasteiger partial charge >= 0.3 is 0 Å². The van der Waals surface area contributed by atoms with Gasteiger partial charge in [0.15, 0.2) is 0 Å². The fourth-order valence-electron chi connectivity index (χ4n) is 3.91. The molecule has 6 heteroatoms. The van der Waals surface area contributed by atoms with Gasteiger partial charge in [-0.1, -0.05) is 65.9 Å². The number of imide groups is 1. The van der Waals surface area contributed by atoms with Gasteiger partial charge in [-0.2, -0.15) is 0 Å². The molecule has 0 N–H and O–H groups in total. The van der Waals surface area contributed by atoms with Crippen LogP contribution in [-0.4, -0.2) is 18.9 Å². The van der Waals surface area contributed by atoms with E-state index < -0.39 is 0 Å². The highest BCUT2D eigenvalue weighted by Gasteiger charge is 2.42. The lowest BCUT2D eigenvalue weighted by atomic mass is 10.2. The molecule has 1 aliphatic heterocycles. The smallest absolute Gasteiger partial charge is 0.283 e. The highest BCUT2D eigenvalue weighted by Crippen LogP contribution is 2.40. The molecule has 4 aromatic rings. The predicted octanol–water partition coefficient (Wildman–Crippen LogP) is 6.80. The lowest BCUT2D eigenvalue weighted by molar-refractivity contribution is -0.120. The first-order valence-corrected chi connectivity index (χ1v) is 12.3. The van der Waals surface area contributed by atoms with Crippen LogP contribution in [0.1, 0.15) is 5.56 Å². The number of para-hydroxylation sites is 2. The van der Waals surface area contributed by atoms with E-state index in [9.17, 15) is 9.59 Å². The number of ether oxygens (including phenoxy) is 1. The molecular formula is C30H24N2O3S. The lowest BCUT2D eigenvalue weighted by Crippen LogP contribution is -2.34. The van der Waals surface area contributed by atoms with Gasteiger partial charge < -0.3 is 9.64 Å². The van der Waals surface area contributed by atoms with E-state index in [1.54, 1.807) is 29.2 Å². The van der Waals surface area contributed by atoms with Crippen LogP contribution in [0.15, 0.2) is 125 Å². The number of hydrogen-bond donors (Lipinski definition) is 0. The number of carbonyl (C=O) groups is 2. The fraction of sp³-hybridized carbons (Fsp3) is 0.0667. The number of thioether (sulfide) groups is 1. The van der Waals surface area contributed by atoms with Gasteiger partial charge in [0.25, 0.3) is 11.8 Å². The number of benzene rings is 4. The van der Waals surface area contributed by atoms with E-state index in [0.29, 0.717) is 27.8 Å². The summed E-state index contributed by atoms with van der Waals surface area (Å²) in [6.45, 7) is 2.01. The first kappa shape index (κ1) is 23.5. The molecule has 0 spiro atoms. The minimum atomic E-state index is -0.363. The van der Waals surface area contributed by atoms with Crippen molar-refractivity contribution >= 4 is 35.0 Å². The molecule has 0 unspecified atom stereocenters. The lowest BCUT2D eigenvalue weighted by Gasteiger charge is -2.21. The zero-order valence-corrected chi connectivity index (χ0v) is 20.7. The Kier molecular flexibility index (Phi) is 6.60. The standard InChI is InChI=1S/C30H24N2O3S/c1-21-13-19-26(20-14-21)36-28-27(31(2)22-9-5-3-6-10-22)29(33)32(30(28)34)23-15-17-25(18-16-23)35-24-11-7-4-8-12-24/h3-20H,1-2H3. The van der Waals surface area contributed by atoms with Crippen molar-refractivity contribution in [3.63, 3.8) is 0 Å². The van der Waals surface area contributed by atoms with Gasteiger partial charge in [0.1, 0.15) is 22.1 Å². The Bertz CT molecular complexity index is 1420. The average molecular weight is 493 g/mol. The van der Waals surface area contributed by atoms with Gasteiger partial charge in [0.2, 0.25) is 0 Å². The second-order valence-corrected chi connectivity index (χ2v) is 9.43. The molecule has 5 nitrogen and oxygen atoms in total. The number of aryl methyl sites for hydroxylation is 1. The van der Waals surface area contributed by atoms with Crippen LogP contribution < -0.4 is 14.5 Å². The fourth-order valence-corrected chi connectivity index (χ4v) is 4.92. The summed E-state index contributed by atoms with van der Waals surface area (Å²) in [6, 6.07) is 33.9. The third-order valence-corrected chi connectivity index (χ3v) is 6.89. The number of nitrogens with zero attached hydrogens (tertiary/aromatic N) is 2. The summed E-state index contributed by atoms with van der Waals surface area (Å²) in [5.74, 6) is 0.620. The molecule has 0 atom stereocenters. The van der Waals surface area contributed by atoms with Crippen molar-refractivity contribution in [2.24, 2.45) is 0 Å². The van der Waals surface area contributed by atoms with Crippen LogP contribution >= 0.6 is 11.8 Å². The van der Waals surface area contributed by atoms with Crippen LogP contribution in [0.2, 0.25) is 0 Å². The number of anilines is 2. The van der Waals surface area contributed by atoms with Crippen LogP contribution in [0.4, 0.5) is 11.4 Å². The molecule has 0 aromatic heterocycles. The molecule has 0 aliphatic carbocycles. The molecule has 5 rings (SSSR count). The first-order valence-electron chi connectivity index (χ1n) is 11.5. The molecule has 0 fully saturated rings. The van der Waals surface area contributed by atoms with Gasteiger partial charge in [-0.05, 0) is 67.6 Å². The number of hydrogen-bond acceptors (Lipinski definition) is 5. The number of likely N-dealkylation sites (N-methyl/N-ethyl adjacent to an activating group) is 1. The van der Waals surface area contributed by atoms with Crippen molar-refractivity contribution in [3.8, 4) is 11.5 Å². The normalized spacial score (nSPS) is 13.3. The molecular weight excluding hydrogens is 468 g/mol. The van der Waals surface area contributed by atoms with E-state index >= 15 is 0 Å². The molecule has 0 radical (unpaired) electrons. The van der Waals surface area contributed by atoms with Gasteiger partial charge in [-0.3, -0.25) is 9.59 Å². The summed E-state index contributed by atoms with van der Waals surface area (Å²) in [5.41, 5.74) is 2.79. The third-order valence-electron chi connectivity index (χ3n) is 5.81. The Morgan fingerprint density at radius 1 is 0.694 bits per heavy atom. The zero-order chi connectivity index (χ0) is 25.1. The average Bonchev–Trinajstić information content (AvgIpc) is 3.15. The van der Waals surface area contributed by atoms with Gasteiger partial charge in [-0.15, -0.1) is 0 Å². The summed E-state index contributed by atoms with van der Waals surface area (Å²) < 4.78 is 5.87. The van der Waals surface area contributed by atoms with E-state index in [0.717, 1.165) is 16.1 Å². The van der Waals surface area contributed by atoms with Crippen molar-refractivity contribution in [2.45, 2.75) is 11.8 Å². The molecule has 178 valence electrons. The highest BCUT2D eigenvalue weighted by molar-refractivity contribution is 8.04. The van der Waals surface area contributed by atoms with Crippen molar-refractivity contribution < 1.29 is 14.3 Å². The van der Waals surface area contributed by atoms with E-state index in [4.69, 9.17) is 4.74 Å². The maximum Gasteiger partial charge on any atom is 0.283 e. The number of amides is 2. The summed E-state index contributed by atoms with van der Waals surface area (Å²) in [7, 11) is 1.81. The van der Waals surface area contributed by atoms with E-state index in [1.807, 2.05) is 98.9 Å². The Morgan fingerprint density at radius 3 is 1.92 bits per heavy atom. The summed E-state index contributed by atoms with van der Waals surface area (Å²) in [5, 5.41) is 0. The van der Waals surface area contributed by atoms with Crippen LogP contribution in [-0.2, 0) is 9.59 Å². The van der Waals surface area contributed by atoms with Gasteiger partial charge in [0, 0.05) is 17.6 Å². The maximum absolute atomic E-state index is 13.7. The molecule has 0 saturated carbocycles. The van der Waals surface area contributed by atoms with Crippen LogP contribution in [0, 0.1) is 6.92 Å². The van der Waals surface area contributed by atoms with Crippen LogP contribution in [0.5, 0.6) is 11.5 Å². The number of carbonyl (C=O) groups excluding carboxylic acids is 2. The second kappa shape index (κ2) is 10.1. The molecule has 2 amide bonds. The largest absolute Gasteiger partial charge is 0.457 e. The number of rotatable bonds is 7. The monoisotopic (exact) mass is 492 g/mol. The quantitative estimate of drug-likeness (QED) is 0.266. The topological polar surface area (TPSA) is 49.9 Å². The minimum absolute atomic E-state index is 0.347. The molecule has 1 heterocycles. The first-order chi connectivity index (χ1) is 17.5. The summed E-state index contributed by atoms with van der Waals surface area (Å²) in [6.07, 6.45) is 0.